The van der Waals surface area contributed by atoms with Gasteiger partial charge in [-0.1, -0.05) is 6.07 Å². The van der Waals surface area contributed by atoms with E-state index in [-0.39, 0.29) is 12.0 Å². The van der Waals surface area contributed by atoms with E-state index in [1.165, 1.54) is 30.4 Å². The molecule has 0 N–H and O–H groups in total. The zero-order valence-corrected chi connectivity index (χ0v) is 12.2. The quantitative estimate of drug-likeness (QED) is 0.847. The monoisotopic (exact) mass is 273 g/mol. The van der Waals surface area contributed by atoms with E-state index < -0.39 is 0 Å². The second-order valence-electron chi connectivity index (χ2n) is 5.93. The molecule has 1 aliphatic carbocycles. The first-order valence-corrected chi connectivity index (χ1v) is 7.81. The van der Waals surface area contributed by atoms with Gasteiger partial charge in [-0.3, -0.25) is 4.79 Å². The third-order valence-electron chi connectivity index (χ3n) is 4.40. The second kappa shape index (κ2) is 5.86. The Morgan fingerprint density at radius 2 is 1.80 bits per heavy atom. The first-order valence-electron chi connectivity index (χ1n) is 7.81. The SMILES string of the molecule is C[C@H](Oc1ccc2c(c1)CCCC2)C(=O)N1CCCC1. The third kappa shape index (κ3) is 2.82. The predicted octanol–water partition coefficient (Wildman–Crippen LogP) is 2.96. The molecule has 2 aliphatic rings. The van der Waals surface area contributed by atoms with Crippen LogP contribution >= 0.6 is 0 Å². The molecule has 1 fully saturated rings. The molecule has 1 aromatic carbocycles. The summed E-state index contributed by atoms with van der Waals surface area (Å²) in [5.74, 6) is 0.964. The Morgan fingerprint density at radius 1 is 1.10 bits per heavy atom. The van der Waals surface area contributed by atoms with Crippen LogP contribution in [-0.4, -0.2) is 30.0 Å². The van der Waals surface area contributed by atoms with Gasteiger partial charge in [0, 0.05) is 13.1 Å². The van der Waals surface area contributed by atoms with E-state index in [4.69, 9.17) is 4.74 Å². The van der Waals surface area contributed by atoms with E-state index in [1.54, 1.807) is 0 Å². The molecule has 0 saturated carbocycles. The van der Waals surface area contributed by atoms with Crippen molar-refractivity contribution in [1.29, 1.82) is 0 Å². The van der Waals surface area contributed by atoms with Crippen LogP contribution < -0.4 is 4.74 Å². The second-order valence-corrected chi connectivity index (χ2v) is 5.93. The van der Waals surface area contributed by atoms with Crippen molar-refractivity contribution < 1.29 is 9.53 Å². The lowest BCUT2D eigenvalue weighted by Crippen LogP contribution is -2.38. The molecular weight excluding hydrogens is 250 g/mol. The Morgan fingerprint density at radius 3 is 2.55 bits per heavy atom. The van der Waals surface area contributed by atoms with Crippen molar-refractivity contribution in [2.45, 2.75) is 51.6 Å². The van der Waals surface area contributed by atoms with Gasteiger partial charge in [0.1, 0.15) is 5.75 Å². The minimum Gasteiger partial charge on any atom is -0.481 e. The average molecular weight is 273 g/mol. The number of hydrogen-bond acceptors (Lipinski definition) is 2. The summed E-state index contributed by atoms with van der Waals surface area (Å²) >= 11 is 0. The zero-order chi connectivity index (χ0) is 13.9. The highest BCUT2D eigenvalue weighted by atomic mass is 16.5. The lowest BCUT2D eigenvalue weighted by Gasteiger charge is -2.22. The van der Waals surface area contributed by atoms with E-state index in [0.717, 1.165) is 38.1 Å². The fraction of sp³-hybridized carbons (Fsp3) is 0.588. The minimum absolute atomic E-state index is 0.125. The largest absolute Gasteiger partial charge is 0.481 e. The van der Waals surface area contributed by atoms with Gasteiger partial charge >= 0.3 is 0 Å². The van der Waals surface area contributed by atoms with E-state index in [0.29, 0.717) is 0 Å². The molecule has 1 amide bonds. The molecule has 1 heterocycles. The van der Waals surface area contributed by atoms with Crippen LogP contribution in [0.1, 0.15) is 43.7 Å². The van der Waals surface area contributed by atoms with Crippen molar-refractivity contribution in [3.05, 3.63) is 29.3 Å². The Labute approximate surface area is 120 Å². The molecule has 0 unspecified atom stereocenters. The molecule has 1 aliphatic heterocycles. The predicted molar refractivity (Wildman–Crippen MR) is 79.0 cm³/mol. The topological polar surface area (TPSA) is 29.5 Å². The fourth-order valence-electron chi connectivity index (χ4n) is 3.23. The number of nitrogens with zero attached hydrogens (tertiary/aromatic N) is 1. The number of benzene rings is 1. The van der Waals surface area contributed by atoms with Gasteiger partial charge in [-0.25, -0.2) is 0 Å². The number of aryl methyl sites for hydroxylation is 2. The van der Waals surface area contributed by atoms with Crippen LogP contribution in [0, 0.1) is 0 Å². The average Bonchev–Trinajstić information content (AvgIpc) is 3.00. The number of rotatable bonds is 3. The molecule has 3 heteroatoms. The van der Waals surface area contributed by atoms with Crippen LogP contribution in [0.25, 0.3) is 0 Å². The van der Waals surface area contributed by atoms with Crippen molar-refractivity contribution in [2.75, 3.05) is 13.1 Å². The highest BCUT2D eigenvalue weighted by molar-refractivity contribution is 5.81. The lowest BCUT2D eigenvalue weighted by molar-refractivity contribution is -0.136. The Balaban J connectivity index is 1.66. The maximum Gasteiger partial charge on any atom is 0.263 e. The lowest BCUT2D eigenvalue weighted by atomic mass is 9.92. The van der Waals surface area contributed by atoms with E-state index >= 15 is 0 Å². The molecule has 0 radical (unpaired) electrons. The first-order chi connectivity index (χ1) is 9.74. The van der Waals surface area contributed by atoms with E-state index in [9.17, 15) is 4.79 Å². The Bertz CT molecular complexity index is 492. The van der Waals surface area contributed by atoms with Gasteiger partial charge in [-0.05, 0) is 68.7 Å². The summed E-state index contributed by atoms with van der Waals surface area (Å²) in [4.78, 5) is 14.2. The van der Waals surface area contributed by atoms with Gasteiger partial charge in [0.15, 0.2) is 6.10 Å². The molecule has 0 aromatic heterocycles. The van der Waals surface area contributed by atoms with Crippen LogP contribution in [0.2, 0.25) is 0 Å². The summed E-state index contributed by atoms with van der Waals surface area (Å²) in [6, 6.07) is 6.30. The molecule has 3 nitrogen and oxygen atoms in total. The molecule has 20 heavy (non-hydrogen) atoms. The number of likely N-dealkylation sites (tertiary alicyclic amines) is 1. The van der Waals surface area contributed by atoms with Crippen molar-refractivity contribution in [3.63, 3.8) is 0 Å². The number of fused-ring (bicyclic) bond motifs is 1. The fourth-order valence-corrected chi connectivity index (χ4v) is 3.23. The van der Waals surface area contributed by atoms with E-state index in [2.05, 4.69) is 12.1 Å². The molecule has 3 rings (SSSR count). The summed E-state index contributed by atoms with van der Waals surface area (Å²) in [7, 11) is 0. The summed E-state index contributed by atoms with van der Waals surface area (Å²) in [5.41, 5.74) is 2.84. The molecule has 1 saturated heterocycles. The van der Waals surface area contributed by atoms with Crippen LogP contribution in [0.3, 0.4) is 0 Å². The first kappa shape index (κ1) is 13.5. The smallest absolute Gasteiger partial charge is 0.263 e. The van der Waals surface area contributed by atoms with Crippen LogP contribution in [-0.2, 0) is 17.6 Å². The minimum atomic E-state index is -0.380. The van der Waals surface area contributed by atoms with Crippen LogP contribution in [0.5, 0.6) is 5.75 Å². The normalized spacial score (nSPS) is 19.6. The van der Waals surface area contributed by atoms with Gasteiger partial charge in [-0.15, -0.1) is 0 Å². The van der Waals surface area contributed by atoms with Crippen molar-refractivity contribution in [2.24, 2.45) is 0 Å². The summed E-state index contributed by atoms with van der Waals surface area (Å²) in [6.07, 6.45) is 6.73. The van der Waals surface area contributed by atoms with Gasteiger partial charge in [0.05, 0.1) is 0 Å². The summed E-state index contributed by atoms with van der Waals surface area (Å²) in [5, 5.41) is 0. The van der Waals surface area contributed by atoms with Gasteiger partial charge in [0.25, 0.3) is 5.91 Å². The Hall–Kier alpha value is -1.51. The number of amides is 1. The highest BCUT2D eigenvalue weighted by Crippen LogP contribution is 2.26. The summed E-state index contributed by atoms with van der Waals surface area (Å²) in [6.45, 7) is 3.63. The molecule has 1 aromatic rings. The van der Waals surface area contributed by atoms with Gasteiger partial charge in [0.2, 0.25) is 0 Å². The Kier molecular flexibility index (Phi) is 3.95. The molecule has 0 bridgehead atoms. The van der Waals surface area contributed by atoms with Crippen LogP contribution in [0.15, 0.2) is 18.2 Å². The van der Waals surface area contributed by atoms with Gasteiger partial charge < -0.3 is 9.64 Å². The number of ether oxygens (including phenoxy) is 1. The molecule has 108 valence electrons. The van der Waals surface area contributed by atoms with Crippen LogP contribution in [0.4, 0.5) is 0 Å². The number of carbonyl (C=O) groups excluding carboxylic acids is 1. The number of carbonyl (C=O) groups is 1. The summed E-state index contributed by atoms with van der Waals surface area (Å²) < 4.78 is 5.86. The van der Waals surface area contributed by atoms with Gasteiger partial charge in [-0.2, -0.15) is 0 Å². The number of hydrogen-bond donors (Lipinski definition) is 0. The highest BCUT2D eigenvalue weighted by Gasteiger charge is 2.24. The maximum atomic E-state index is 12.2. The van der Waals surface area contributed by atoms with Crippen molar-refractivity contribution in [1.82, 2.24) is 4.90 Å². The van der Waals surface area contributed by atoms with Crippen molar-refractivity contribution in [3.8, 4) is 5.75 Å². The van der Waals surface area contributed by atoms with E-state index in [1.807, 2.05) is 17.9 Å². The molecule has 0 spiro atoms. The standard InChI is InChI=1S/C17H23NO2/c1-13(17(19)18-10-4-5-11-18)20-16-9-8-14-6-2-3-7-15(14)12-16/h8-9,12-13H,2-7,10-11H2,1H3/t13-/m0/s1. The molecule has 1 atom stereocenters. The third-order valence-corrected chi connectivity index (χ3v) is 4.40. The zero-order valence-electron chi connectivity index (χ0n) is 12.2. The molecular formula is C17H23NO2. The van der Waals surface area contributed by atoms with Crippen molar-refractivity contribution >= 4 is 5.91 Å². The maximum absolute atomic E-state index is 12.2.